The Morgan fingerprint density at radius 1 is 1.44 bits per heavy atom. The molecule has 0 aliphatic carbocycles. The number of aliphatic hydroxyl groups excluding tert-OH is 1. The summed E-state index contributed by atoms with van der Waals surface area (Å²) in [7, 11) is 4.14. The molecule has 2 N–H and O–H groups in total. The molecule has 1 aliphatic rings. The van der Waals surface area contributed by atoms with Crippen LogP contribution < -0.4 is 5.32 Å². The van der Waals surface area contributed by atoms with E-state index in [-0.39, 0.29) is 12.1 Å². The fraction of sp³-hybridized carbons (Fsp3) is 1.00. The monoisotopic (exact) mass is 229 g/mol. The van der Waals surface area contributed by atoms with E-state index < -0.39 is 0 Å². The third-order valence-electron chi connectivity index (χ3n) is 3.48. The van der Waals surface area contributed by atoms with Crippen molar-refractivity contribution >= 4 is 0 Å². The molecule has 0 bridgehead atoms. The maximum absolute atomic E-state index is 9.58. The zero-order valence-corrected chi connectivity index (χ0v) is 11.2. The third-order valence-corrected chi connectivity index (χ3v) is 3.48. The molecule has 16 heavy (non-hydrogen) atoms. The summed E-state index contributed by atoms with van der Waals surface area (Å²) < 4.78 is 0. The highest BCUT2D eigenvalue weighted by molar-refractivity contribution is 4.97. The molecule has 0 aromatic heterocycles. The van der Waals surface area contributed by atoms with Crippen molar-refractivity contribution in [1.29, 1.82) is 0 Å². The standard InChI is InChI=1S/C12H27N3O/c1-11(2)15-7-5-12(9-15,10-16)13-6-8-14(3)4/h11,13,16H,5-10H2,1-4H3. The lowest BCUT2D eigenvalue weighted by molar-refractivity contribution is 0.151. The van der Waals surface area contributed by atoms with Crippen molar-refractivity contribution in [2.75, 3.05) is 46.9 Å². The van der Waals surface area contributed by atoms with Gasteiger partial charge in [-0.25, -0.2) is 0 Å². The number of hydrogen-bond donors (Lipinski definition) is 2. The molecular formula is C12H27N3O. The summed E-state index contributed by atoms with van der Waals surface area (Å²) >= 11 is 0. The van der Waals surface area contributed by atoms with Crippen molar-refractivity contribution in [2.45, 2.75) is 31.8 Å². The lowest BCUT2D eigenvalue weighted by Crippen LogP contribution is -2.52. The Kier molecular flexibility index (Phi) is 5.18. The second kappa shape index (κ2) is 5.96. The molecule has 1 fully saturated rings. The van der Waals surface area contributed by atoms with Crippen LogP contribution in [0, 0.1) is 0 Å². The largest absolute Gasteiger partial charge is 0.394 e. The van der Waals surface area contributed by atoms with Gasteiger partial charge in [0.1, 0.15) is 0 Å². The molecule has 0 spiro atoms. The van der Waals surface area contributed by atoms with Gasteiger partial charge in [0.2, 0.25) is 0 Å². The Balaban J connectivity index is 2.40. The van der Waals surface area contributed by atoms with E-state index >= 15 is 0 Å². The molecule has 0 aromatic carbocycles. The fourth-order valence-electron chi connectivity index (χ4n) is 2.22. The zero-order valence-electron chi connectivity index (χ0n) is 11.2. The molecule has 1 aliphatic heterocycles. The van der Waals surface area contributed by atoms with Crippen LogP contribution >= 0.6 is 0 Å². The molecule has 1 heterocycles. The maximum Gasteiger partial charge on any atom is 0.0626 e. The maximum atomic E-state index is 9.58. The average Bonchev–Trinajstić information content (AvgIpc) is 2.63. The SMILES string of the molecule is CC(C)N1CCC(CO)(NCCN(C)C)C1. The number of rotatable bonds is 6. The van der Waals surface area contributed by atoms with E-state index in [0.717, 1.165) is 32.6 Å². The average molecular weight is 229 g/mol. The highest BCUT2D eigenvalue weighted by atomic mass is 16.3. The van der Waals surface area contributed by atoms with Gasteiger partial charge in [-0.2, -0.15) is 0 Å². The van der Waals surface area contributed by atoms with Gasteiger partial charge in [-0.15, -0.1) is 0 Å². The Hall–Kier alpha value is -0.160. The predicted octanol–water partition coefficient (Wildman–Crippen LogP) is -0.0172. The molecule has 0 radical (unpaired) electrons. The number of nitrogens with zero attached hydrogens (tertiary/aromatic N) is 2. The molecule has 0 aromatic rings. The van der Waals surface area contributed by atoms with E-state index in [1.807, 2.05) is 0 Å². The van der Waals surface area contributed by atoms with Gasteiger partial charge in [0.15, 0.2) is 0 Å². The molecule has 0 amide bonds. The van der Waals surface area contributed by atoms with Gasteiger partial charge >= 0.3 is 0 Å². The first-order valence-corrected chi connectivity index (χ1v) is 6.24. The summed E-state index contributed by atoms with van der Waals surface area (Å²) in [6.07, 6.45) is 1.05. The summed E-state index contributed by atoms with van der Waals surface area (Å²) in [5.41, 5.74) is -0.0692. The number of nitrogens with one attached hydrogen (secondary N) is 1. The van der Waals surface area contributed by atoms with Crippen molar-refractivity contribution < 1.29 is 5.11 Å². The van der Waals surface area contributed by atoms with Gasteiger partial charge < -0.3 is 15.3 Å². The van der Waals surface area contributed by atoms with Crippen molar-refractivity contribution in [3.8, 4) is 0 Å². The van der Waals surface area contributed by atoms with Crippen LogP contribution in [-0.4, -0.2) is 73.4 Å². The van der Waals surface area contributed by atoms with E-state index in [2.05, 4.69) is 43.1 Å². The van der Waals surface area contributed by atoms with E-state index in [1.165, 1.54) is 0 Å². The van der Waals surface area contributed by atoms with E-state index in [4.69, 9.17) is 0 Å². The molecule has 0 saturated carbocycles. The van der Waals surface area contributed by atoms with Crippen LogP contribution in [0.1, 0.15) is 20.3 Å². The fourth-order valence-corrected chi connectivity index (χ4v) is 2.22. The van der Waals surface area contributed by atoms with Crippen LogP contribution in [0.3, 0.4) is 0 Å². The quantitative estimate of drug-likeness (QED) is 0.671. The first-order valence-electron chi connectivity index (χ1n) is 6.24. The van der Waals surface area contributed by atoms with Crippen molar-refractivity contribution in [1.82, 2.24) is 15.1 Å². The first kappa shape index (κ1) is 13.9. The van der Waals surface area contributed by atoms with Crippen LogP contribution in [0.15, 0.2) is 0 Å². The van der Waals surface area contributed by atoms with E-state index in [9.17, 15) is 5.11 Å². The topological polar surface area (TPSA) is 38.7 Å². The summed E-state index contributed by atoms with van der Waals surface area (Å²) in [4.78, 5) is 4.59. The molecule has 1 atom stereocenters. The number of aliphatic hydroxyl groups is 1. The van der Waals surface area contributed by atoms with Gasteiger partial charge in [-0.1, -0.05) is 0 Å². The molecule has 1 unspecified atom stereocenters. The Labute approximate surface area is 99.6 Å². The Bertz CT molecular complexity index is 208. The second-order valence-electron chi connectivity index (χ2n) is 5.48. The minimum Gasteiger partial charge on any atom is -0.394 e. The van der Waals surface area contributed by atoms with Crippen LogP contribution in [0.5, 0.6) is 0 Å². The first-order chi connectivity index (χ1) is 7.49. The minimum absolute atomic E-state index is 0.0692. The zero-order chi connectivity index (χ0) is 12.2. The van der Waals surface area contributed by atoms with E-state index in [1.54, 1.807) is 0 Å². The summed E-state index contributed by atoms with van der Waals surface area (Å²) in [5, 5.41) is 13.1. The lowest BCUT2D eigenvalue weighted by atomic mass is 10.00. The molecule has 96 valence electrons. The van der Waals surface area contributed by atoms with Gasteiger partial charge in [-0.3, -0.25) is 4.90 Å². The molecule has 1 saturated heterocycles. The highest BCUT2D eigenvalue weighted by Crippen LogP contribution is 2.22. The van der Waals surface area contributed by atoms with Crippen LogP contribution in [0.4, 0.5) is 0 Å². The smallest absolute Gasteiger partial charge is 0.0626 e. The number of hydrogen-bond acceptors (Lipinski definition) is 4. The van der Waals surface area contributed by atoms with Gasteiger partial charge in [0.25, 0.3) is 0 Å². The summed E-state index contributed by atoms with van der Waals surface area (Å²) in [6, 6.07) is 0.573. The molecule has 1 rings (SSSR count). The highest BCUT2D eigenvalue weighted by Gasteiger charge is 2.37. The minimum atomic E-state index is -0.0692. The number of likely N-dealkylation sites (N-methyl/N-ethyl adjacent to an activating group) is 1. The lowest BCUT2D eigenvalue weighted by Gasteiger charge is -2.30. The van der Waals surface area contributed by atoms with Crippen molar-refractivity contribution in [2.24, 2.45) is 0 Å². The summed E-state index contributed by atoms with van der Waals surface area (Å²) in [5.74, 6) is 0. The molecular weight excluding hydrogens is 202 g/mol. The normalized spacial score (nSPS) is 27.2. The number of likely N-dealkylation sites (tertiary alicyclic amines) is 1. The van der Waals surface area contributed by atoms with Gasteiger partial charge in [-0.05, 0) is 34.4 Å². The van der Waals surface area contributed by atoms with E-state index in [0.29, 0.717) is 6.04 Å². The van der Waals surface area contributed by atoms with Crippen LogP contribution in [0.25, 0.3) is 0 Å². The van der Waals surface area contributed by atoms with Crippen LogP contribution in [-0.2, 0) is 0 Å². The van der Waals surface area contributed by atoms with Gasteiger partial charge in [0, 0.05) is 32.2 Å². The summed E-state index contributed by atoms with van der Waals surface area (Å²) in [6.45, 7) is 8.69. The second-order valence-corrected chi connectivity index (χ2v) is 5.48. The predicted molar refractivity (Wildman–Crippen MR) is 67.7 cm³/mol. The van der Waals surface area contributed by atoms with Crippen LogP contribution in [0.2, 0.25) is 0 Å². The Morgan fingerprint density at radius 2 is 2.12 bits per heavy atom. The van der Waals surface area contributed by atoms with Gasteiger partial charge in [0.05, 0.1) is 12.1 Å². The Morgan fingerprint density at radius 3 is 2.56 bits per heavy atom. The molecule has 4 nitrogen and oxygen atoms in total. The van der Waals surface area contributed by atoms with Crippen molar-refractivity contribution in [3.63, 3.8) is 0 Å². The van der Waals surface area contributed by atoms with Crippen molar-refractivity contribution in [3.05, 3.63) is 0 Å². The molecule has 4 heteroatoms. The third kappa shape index (κ3) is 3.70.